The van der Waals surface area contributed by atoms with Crippen molar-refractivity contribution >= 4 is 39.1 Å². The van der Waals surface area contributed by atoms with Crippen LogP contribution in [0.2, 0.25) is 5.02 Å². The van der Waals surface area contributed by atoms with Crippen LogP contribution >= 0.6 is 11.6 Å². The van der Waals surface area contributed by atoms with Crippen LogP contribution in [0, 0.1) is 0 Å². The van der Waals surface area contributed by atoms with Gasteiger partial charge in [-0.1, -0.05) is 61.0 Å². The lowest BCUT2D eigenvalue weighted by molar-refractivity contribution is -0.139. The molecule has 0 bridgehead atoms. The molecule has 0 saturated heterocycles. The third-order valence-corrected chi connectivity index (χ3v) is 6.90. The lowest BCUT2D eigenvalue weighted by Gasteiger charge is -2.32. The summed E-state index contributed by atoms with van der Waals surface area (Å²) >= 11 is 6.22. The van der Waals surface area contributed by atoms with Crippen LogP contribution in [-0.2, 0) is 26.0 Å². The van der Waals surface area contributed by atoms with Gasteiger partial charge in [0.25, 0.3) is 0 Å². The van der Waals surface area contributed by atoms with Gasteiger partial charge in [-0.15, -0.1) is 0 Å². The number of nitrogens with one attached hydrogen (secondary N) is 1. The molecule has 2 rings (SSSR count). The summed E-state index contributed by atoms with van der Waals surface area (Å²) in [7, 11) is -3.80. The fraction of sp³-hybridized carbons (Fsp3) is 0.417. The van der Waals surface area contributed by atoms with E-state index in [2.05, 4.69) is 5.32 Å². The molecule has 1 N–H and O–H groups in total. The predicted molar refractivity (Wildman–Crippen MR) is 133 cm³/mol. The van der Waals surface area contributed by atoms with Gasteiger partial charge >= 0.3 is 0 Å². The number of benzene rings is 2. The zero-order valence-electron chi connectivity index (χ0n) is 19.5. The smallest absolute Gasteiger partial charge is 0.244 e. The Morgan fingerprint density at radius 3 is 2.21 bits per heavy atom. The largest absolute Gasteiger partial charge is 0.352 e. The van der Waals surface area contributed by atoms with Crippen LogP contribution in [-0.4, -0.2) is 56.6 Å². The maximum absolute atomic E-state index is 13.4. The number of carbonyl (C=O) groups excluding carboxylic acids is 2. The van der Waals surface area contributed by atoms with Crippen molar-refractivity contribution in [3.05, 3.63) is 65.2 Å². The van der Waals surface area contributed by atoms with Gasteiger partial charge in [-0.25, -0.2) is 8.42 Å². The molecule has 0 fully saturated rings. The van der Waals surface area contributed by atoms with E-state index in [0.717, 1.165) is 22.5 Å². The van der Waals surface area contributed by atoms with Crippen molar-refractivity contribution < 1.29 is 18.0 Å². The Morgan fingerprint density at radius 2 is 1.64 bits per heavy atom. The molecule has 0 radical (unpaired) electrons. The van der Waals surface area contributed by atoms with E-state index in [4.69, 9.17) is 11.6 Å². The van der Waals surface area contributed by atoms with Gasteiger partial charge in [0, 0.05) is 12.6 Å². The van der Waals surface area contributed by atoms with Gasteiger partial charge in [0.15, 0.2) is 0 Å². The molecule has 180 valence electrons. The topological polar surface area (TPSA) is 86.8 Å². The van der Waals surface area contributed by atoms with E-state index in [1.165, 1.54) is 4.90 Å². The Bertz CT molecular complexity index is 1050. The Labute approximate surface area is 201 Å². The average Bonchev–Trinajstić information content (AvgIpc) is 2.77. The molecule has 0 aliphatic rings. The fourth-order valence-corrected chi connectivity index (χ4v) is 4.43. The number of hydrogen-bond donors (Lipinski definition) is 1. The first-order valence-electron chi connectivity index (χ1n) is 10.9. The second-order valence-corrected chi connectivity index (χ2v) is 10.4. The summed E-state index contributed by atoms with van der Waals surface area (Å²) in [5, 5.41) is 3.12. The molecule has 0 spiro atoms. The molecule has 0 saturated carbocycles. The summed E-state index contributed by atoms with van der Waals surface area (Å²) in [6.45, 7) is 5.31. The second-order valence-electron chi connectivity index (χ2n) is 8.04. The number of rotatable bonds is 11. The van der Waals surface area contributed by atoms with Crippen LogP contribution in [0.5, 0.6) is 0 Å². The number of halogens is 1. The quantitative estimate of drug-likeness (QED) is 0.519. The van der Waals surface area contributed by atoms with Gasteiger partial charge < -0.3 is 10.2 Å². The van der Waals surface area contributed by atoms with E-state index in [1.807, 2.05) is 44.2 Å². The summed E-state index contributed by atoms with van der Waals surface area (Å²) in [6.07, 6.45) is 2.31. The van der Waals surface area contributed by atoms with Crippen molar-refractivity contribution in [2.75, 3.05) is 23.7 Å². The van der Waals surface area contributed by atoms with Crippen LogP contribution in [0.1, 0.15) is 32.8 Å². The molecular formula is C24H32ClN3O4S. The number of hydrogen-bond acceptors (Lipinski definition) is 4. The minimum atomic E-state index is -3.80. The summed E-state index contributed by atoms with van der Waals surface area (Å²) < 4.78 is 26.0. The maximum Gasteiger partial charge on any atom is 0.244 e. The van der Waals surface area contributed by atoms with Crippen LogP contribution in [0.25, 0.3) is 0 Å². The van der Waals surface area contributed by atoms with Crippen LogP contribution in [0.4, 0.5) is 5.69 Å². The number of amides is 2. The molecule has 0 aliphatic carbocycles. The SMILES string of the molecule is CC[C@H](C)NC(=O)[C@H](C)N(CCc1ccccc1)C(=O)CN(c1ccccc1Cl)S(C)(=O)=O. The summed E-state index contributed by atoms with van der Waals surface area (Å²) in [5.74, 6) is -0.766. The lowest BCUT2D eigenvalue weighted by Crippen LogP contribution is -2.53. The molecule has 0 aromatic heterocycles. The molecular weight excluding hydrogens is 462 g/mol. The first-order valence-corrected chi connectivity index (χ1v) is 13.1. The Morgan fingerprint density at radius 1 is 1.03 bits per heavy atom. The lowest BCUT2D eigenvalue weighted by atomic mass is 10.1. The van der Waals surface area contributed by atoms with Gasteiger partial charge in [0.1, 0.15) is 12.6 Å². The molecule has 0 heterocycles. The standard InChI is InChI=1S/C24H32ClN3O4S/c1-5-18(2)26-24(30)19(3)27(16-15-20-11-7-6-8-12-20)23(29)17-28(33(4,31)32)22-14-10-9-13-21(22)25/h6-14,18-19H,5,15-17H2,1-4H3,(H,26,30)/t18-,19-/m0/s1. The van der Waals surface area contributed by atoms with Gasteiger partial charge in [-0.2, -0.15) is 0 Å². The monoisotopic (exact) mass is 493 g/mol. The minimum Gasteiger partial charge on any atom is -0.352 e. The van der Waals surface area contributed by atoms with E-state index < -0.39 is 28.5 Å². The Kier molecular flexibility index (Phi) is 9.73. The summed E-state index contributed by atoms with van der Waals surface area (Å²) in [6, 6.07) is 15.2. The van der Waals surface area contributed by atoms with E-state index in [1.54, 1.807) is 31.2 Å². The van der Waals surface area contributed by atoms with Crippen LogP contribution in [0.3, 0.4) is 0 Å². The number of anilines is 1. The van der Waals surface area contributed by atoms with Crippen molar-refractivity contribution in [2.24, 2.45) is 0 Å². The third kappa shape index (κ3) is 7.75. The molecule has 33 heavy (non-hydrogen) atoms. The van der Waals surface area contributed by atoms with Gasteiger partial charge in [0.05, 0.1) is 17.0 Å². The van der Waals surface area contributed by atoms with Crippen molar-refractivity contribution in [1.29, 1.82) is 0 Å². The zero-order chi connectivity index (χ0) is 24.6. The second kappa shape index (κ2) is 12.0. The van der Waals surface area contributed by atoms with Crippen molar-refractivity contribution in [1.82, 2.24) is 10.2 Å². The summed E-state index contributed by atoms with van der Waals surface area (Å²) in [4.78, 5) is 27.7. The number of carbonyl (C=O) groups is 2. The Balaban J connectivity index is 2.31. The van der Waals surface area contributed by atoms with Gasteiger partial charge in [0.2, 0.25) is 21.8 Å². The Hall–Kier alpha value is -2.58. The van der Waals surface area contributed by atoms with Crippen molar-refractivity contribution in [2.45, 2.75) is 45.7 Å². The predicted octanol–water partition coefficient (Wildman–Crippen LogP) is 3.48. The highest BCUT2D eigenvalue weighted by atomic mass is 35.5. The molecule has 2 atom stereocenters. The fourth-order valence-electron chi connectivity index (χ4n) is 3.28. The van der Waals surface area contributed by atoms with Gasteiger partial charge in [-0.3, -0.25) is 13.9 Å². The zero-order valence-corrected chi connectivity index (χ0v) is 21.1. The highest BCUT2D eigenvalue weighted by Crippen LogP contribution is 2.27. The molecule has 0 unspecified atom stereocenters. The molecule has 2 aromatic carbocycles. The van der Waals surface area contributed by atoms with E-state index in [0.29, 0.717) is 6.42 Å². The molecule has 0 aliphatic heterocycles. The highest BCUT2D eigenvalue weighted by molar-refractivity contribution is 7.92. The normalized spacial score (nSPS) is 13.1. The summed E-state index contributed by atoms with van der Waals surface area (Å²) in [5.41, 5.74) is 1.23. The number of nitrogens with zero attached hydrogens (tertiary/aromatic N) is 2. The highest BCUT2D eigenvalue weighted by Gasteiger charge is 2.30. The first kappa shape index (κ1) is 26.7. The minimum absolute atomic E-state index is 0.0401. The van der Waals surface area contributed by atoms with E-state index in [9.17, 15) is 18.0 Å². The number of sulfonamides is 1. The third-order valence-electron chi connectivity index (χ3n) is 5.45. The van der Waals surface area contributed by atoms with E-state index >= 15 is 0 Å². The van der Waals surface area contributed by atoms with Crippen molar-refractivity contribution in [3.63, 3.8) is 0 Å². The molecule has 9 heteroatoms. The first-order chi connectivity index (χ1) is 15.5. The van der Waals surface area contributed by atoms with Crippen molar-refractivity contribution in [3.8, 4) is 0 Å². The molecule has 2 amide bonds. The van der Waals surface area contributed by atoms with Gasteiger partial charge in [-0.05, 0) is 44.4 Å². The van der Waals surface area contributed by atoms with E-state index in [-0.39, 0.29) is 29.2 Å². The average molecular weight is 494 g/mol. The molecule has 7 nitrogen and oxygen atoms in total. The van der Waals surface area contributed by atoms with Crippen LogP contribution < -0.4 is 9.62 Å². The number of para-hydroxylation sites is 1. The maximum atomic E-state index is 13.4. The molecule has 2 aromatic rings. The van der Waals surface area contributed by atoms with Crippen LogP contribution in [0.15, 0.2) is 54.6 Å².